The van der Waals surface area contributed by atoms with E-state index in [4.69, 9.17) is 10.5 Å². The van der Waals surface area contributed by atoms with Crippen LogP contribution in [0, 0.1) is 0 Å². The number of hydrogen-bond donors (Lipinski definition) is 1. The Morgan fingerprint density at radius 3 is 2.61 bits per heavy atom. The van der Waals surface area contributed by atoms with Gasteiger partial charge < -0.3 is 10.5 Å². The van der Waals surface area contributed by atoms with Crippen molar-refractivity contribution in [2.45, 2.75) is 0 Å². The van der Waals surface area contributed by atoms with Crippen LogP contribution in [0.3, 0.4) is 0 Å². The fraction of sp³-hybridized carbons (Fsp3) is 0.125. The summed E-state index contributed by atoms with van der Waals surface area (Å²) in [7, 11) is 1.80. The summed E-state index contributed by atoms with van der Waals surface area (Å²) in [4.78, 5) is 12.2. The highest BCUT2D eigenvalue weighted by Gasteiger charge is 2.10. The second-order valence-corrected chi connectivity index (χ2v) is 5.00. The van der Waals surface area contributed by atoms with Crippen molar-refractivity contribution in [3.8, 4) is 22.6 Å². The van der Waals surface area contributed by atoms with Gasteiger partial charge in [-0.2, -0.15) is 5.10 Å². The summed E-state index contributed by atoms with van der Waals surface area (Å²) in [5.74, 6) is 0.396. The van der Waals surface area contributed by atoms with Gasteiger partial charge in [0.2, 0.25) is 6.86 Å². The summed E-state index contributed by atoms with van der Waals surface area (Å²) in [6, 6.07) is 7.92. The predicted octanol–water partition coefficient (Wildman–Crippen LogP) is 2.13. The number of ether oxygens (including phenoxy) is 1. The Hall–Kier alpha value is -3.09. The smallest absolute Gasteiger partial charge is 0.257 e. The number of benzene rings is 1. The SMILES string of the molecule is Cn1cc(-c2cn(-c3ccc(OCF)cc3)c(=O)cc2N)cn1. The Labute approximate surface area is 131 Å². The Balaban J connectivity index is 2.07. The summed E-state index contributed by atoms with van der Waals surface area (Å²) in [6.45, 7) is -0.897. The fourth-order valence-electron chi connectivity index (χ4n) is 2.32. The largest absolute Gasteiger partial charge is 0.463 e. The van der Waals surface area contributed by atoms with Gasteiger partial charge in [0.05, 0.1) is 6.20 Å². The molecule has 0 aliphatic rings. The third-order valence-electron chi connectivity index (χ3n) is 3.44. The third-order valence-corrected chi connectivity index (χ3v) is 3.44. The van der Waals surface area contributed by atoms with Gasteiger partial charge in [-0.3, -0.25) is 14.0 Å². The molecule has 2 heterocycles. The second kappa shape index (κ2) is 5.96. The molecule has 0 unspecified atom stereocenters. The molecule has 3 rings (SSSR count). The van der Waals surface area contributed by atoms with E-state index >= 15 is 0 Å². The molecule has 6 nitrogen and oxygen atoms in total. The van der Waals surface area contributed by atoms with E-state index in [1.165, 1.54) is 10.6 Å². The van der Waals surface area contributed by atoms with Gasteiger partial charge in [0.1, 0.15) is 5.75 Å². The van der Waals surface area contributed by atoms with E-state index in [2.05, 4.69) is 5.10 Å². The lowest BCUT2D eigenvalue weighted by molar-refractivity contribution is 0.192. The highest BCUT2D eigenvalue weighted by atomic mass is 19.1. The first-order valence-electron chi connectivity index (χ1n) is 6.89. The summed E-state index contributed by atoms with van der Waals surface area (Å²) < 4.78 is 20.0. The van der Waals surface area contributed by atoms with E-state index in [1.807, 2.05) is 6.20 Å². The van der Waals surface area contributed by atoms with E-state index in [0.717, 1.165) is 5.56 Å². The molecule has 23 heavy (non-hydrogen) atoms. The third kappa shape index (κ3) is 2.94. The molecule has 0 spiro atoms. The Kier molecular flexibility index (Phi) is 3.84. The average Bonchev–Trinajstić information content (AvgIpc) is 2.95. The fourth-order valence-corrected chi connectivity index (χ4v) is 2.32. The summed E-state index contributed by atoms with van der Waals surface area (Å²) >= 11 is 0. The lowest BCUT2D eigenvalue weighted by Gasteiger charge is -2.10. The van der Waals surface area contributed by atoms with Crippen LogP contribution in [0.15, 0.2) is 53.7 Å². The minimum Gasteiger partial charge on any atom is -0.463 e. The zero-order valence-corrected chi connectivity index (χ0v) is 12.4. The van der Waals surface area contributed by atoms with Crippen LogP contribution in [0.25, 0.3) is 16.8 Å². The quantitative estimate of drug-likeness (QED) is 0.800. The van der Waals surface area contributed by atoms with Crippen LogP contribution in [0.2, 0.25) is 0 Å². The lowest BCUT2D eigenvalue weighted by atomic mass is 10.1. The first kappa shape index (κ1) is 14.8. The Bertz CT molecular complexity index is 884. The highest BCUT2D eigenvalue weighted by Crippen LogP contribution is 2.25. The monoisotopic (exact) mass is 314 g/mol. The summed E-state index contributed by atoms with van der Waals surface area (Å²) in [5, 5.41) is 4.11. The number of rotatable bonds is 4. The number of aryl methyl sites for hydroxylation is 1. The Morgan fingerprint density at radius 1 is 1.26 bits per heavy atom. The lowest BCUT2D eigenvalue weighted by Crippen LogP contribution is -2.18. The van der Waals surface area contributed by atoms with Crippen molar-refractivity contribution in [1.82, 2.24) is 14.3 Å². The van der Waals surface area contributed by atoms with Gasteiger partial charge >= 0.3 is 0 Å². The van der Waals surface area contributed by atoms with Crippen molar-refractivity contribution in [3.63, 3.8) is 0 Å². The number of nitrogen functional groups attached to an aromatic ring is 1. The first-order valence-corrected chi connectivity index (χ1v) is 6.89. The van der Waals surface area contributed by atoms with Crippen molar-refractivity contribution in [2.24, 2.45) is 7.05 Å². The predicted molar refractivity (Wildman–Crippen MR) is 85.3 cm³/mol. The number of halogens is 1. The van der Waals surface area contributed by atoms with Crippen LogP contribution in [-0.4, -0.2) is 21.2 Å². The Morgan fingerprint density at radius 2 is 2.00 bits per heavy atom. The molecule has 0 aliphatic carbocycles. The van der Waals surface area contributed by atoms with Gasteiger partial charge in [0, 0.05) is 48.0 Å². The van der Waals surface area contributed by atoms with Gasteiger partial charge in [-0.1, -0.05) is 0 Å². The molecule has 2 N–H and O–H groups in total. The molecule has 0 amide bonds. The summed E-state index contributed by atoms with van der Waals surface area (Å²) in [6.07, 6.45) is 5.16. The van der Waals surface area contributed by atoms with Crippen molar-refractivity contribution < 1.29 is 9.13 Å². The van der Waals surface area contributed by atoms with E-state index in [1.54, 1.807) is 48.4 Å². The second-order valence-electron chi connectivity index (χ2n) is 5.00. The van der Waals surface area contributed by atoms with Crippen molar-refractivity contribution in [1.29, 1.82) is 0 Å². The van der Waals surface area contributed by atoms with Gasteiger partial charge in [-0.15, -0.1) is 0 Å². The van der Waals surface area contributed by atoms with Gasteiger partial charge in [0.25, 0.3) is 5.56 Å². The molecule has 3 aromatic rings. The molecule has 0 aliphatic heterocycles. The number of alkyl halides is 1. The van der Waals surface area contributed by atoms with Crippen LogP contribution in [0.4, 0.5) is 10.1 Å². The maximum Gasteiger partial charge on any atom is 0.257 e. The standard InChI is InChI=1S/C16H15FN4O2/c1-20-8-11(7-19-20)14-9-21(16(22)6-15(14)18)12-2-4-13(5-3-12)23-10-17/h2-9H,10,18H2,1H3. The molecular formula is C16H15FN4O2. The number of nitrogens with two attached hydrogens (primary N) is 1. The molecule has 0 atom stereocenters. The van der Waals surface area contributed by atoms with Crippen LogP contribution in [0.5, 0.6) is 5.75 Å². The molecular weight excluding hydrogens is 299 g/mol. The van der Waals surface area contributed by atoms with Crippen LogP contribution >= 0.6 is 0 Å². The first-order chi connectivity index (χ1) is 11.1. The molecule has 0 fully saturated rings. The van der Waals surface area contributed by atoms with Gasteiger partial charge in [-0.25, -0.2) is 4.39 Å². The van der Waals surface area contributed by atoms with Crippen LogP contribution in [0.1, 0.15) is 0 Å². The van der Waals surface area contributed by atoms with Gasteiger partial charge in [0.15, 0.2) is 0 Å². The maximum absolute atomic E-state index is 12.2. The minimum atomic E-state index is -0.897. The van der Waals surface area contributed by atoms with Crippen LogP contribution < -0.4 is 16.0 Å². The maximum atomic E-state index is 12.2. The molecule has 118 valence electrons. The molecule has 0 saturated heterocycles. The summed E-state index contributed by atoms with van der Waals surface area (Å²) in [5.41, 5.74) is 8.25. The number of pyridine rings is 1. The van der Waals surface area contributed by atoms with Crippen LogP contribution in [-0.2, 0) is 7.05 Å². The molecule has 2 aromatic heterocycles. The van der Waals surface area contributed by atoms with E-state index in [9.17, 15) is 9.18 Å². The molecule has 0 radical (unpaired) electrons. The van der Waals surface area contributed by atoms with Crippen molar-refractivity contribution in [3.05, 3.63) is 59.3 Å². The molecule has 0 saturated carbocycles. The van der Waals surface area contributed by atoms with E-state index in [-0.39, 0.29) is 5.56 Å². The highest BCUT2D eigenvalue weighted by molar-refractivity contribution is 5.74. The molecule has 7 heteroatoms. The molecule has 1 aromatic carbocycles. The van der Waals surface area contributed by atoms with Crippen molar-refractivity contribution >= 4 is 5.69 Å². The number of hydrogen-bond acceptors (Lipinski definition) is 4. The number of aromatic nitrogens is 3. The zero-order chi connectivity index (χ0) is 16.4. The zero-order valence-electron chi connectivity index (χ0n) is 12.4. The average molecular weight is 314 g/mol. The normalized spacial score (nSPS) is 10.7. The number of nitrogens with zero attached hydrogens (tertiary/aromatic N) is 3. The van der Waals surface area contributed by atoms with Crippen molar-refractivity contribution in [2.75, 3.05) is 12.6 Å². The van der Waals surface area contributed by atoms with Gasteiger partial charge in [-0.05, 0) is 24.3 Å². The number of anilines is 1. The van der Waals surface area contributed by atoms with E-state index in [0.29, 0.717) is 22.7 Å². The minimum absolute atomic E-state index is 0.255. The topological polar surface area (TPSA) is 75.1 Å². The van der Waals surface area contributed by atoms with E-state index < -0.39 is 6.86 Å². The molecule has 0 bridgehead atoms.